The third kappa shape index (κ3) is 8.32. The van der Waals surface area contributed by atoms with E-state index in [2.05, 4.69) is 15.6 Å². The number of hydrogen-bond donors (Lipinski definition) is 4. The fourth-order valence-electron chi connectivity index (χ4n) is 2.87. The van der Waals surface area contributed by atoms with Crippen LogP contribution in [0.25, 0.3) is 0 Å². The van der Waals surface area contributed by atoms with Gasteiger partial charge < -0.3 is 30.2 Å². The van der Waals surface area contributed by atoms with E-state index in [1.54, 1.807) is 30.1 Å². The number of amides is 2. The van der Waals surface area contributed by atoms with Crippen LogP contribution in [-0.4, -0.2) is 63.2 Å². The van der Waals surface area contributed by atoms with Crippen molar-refractivity contribution in [2.75, 3.05) is 19.7 Å². The van der Waals surface area contributed by atoms with Gasteiger partial charge in [-0.25, -0.2) is 4.98 Å². The number of rotatable bonds is 6. The molecule has 9 nitrogen and oxygen atoms in total. The van der Waals surface area contributed by atoms with Crippen LogP contribution in [0.1, 0.15) is 44.0 Å². The maximum absolute atomic E-state index is 12.1. The van der Waals surface area contributed by atoms with E-state index in [0.29, 0.717) is 31.0 Å². The van der Waals surface area contributed by atoms with Gasteiger partial charge in [-0.05, 0) is 32.4 Å². The van der Waals surface area contributed by atoms with E-state index in [0.717, 1.165) is 6.42 Å². The Morgan fingerprint density at radius 1 is 1.20 bits per heavy atom. The molecule has 2 atom stereocenters. The summed E-state index contributed by atoms with van der Waals surface area (Å²) in [5.74, 6) is -1.48. The number of carbonyl (C=O) groups excluding carboxylic acids is 2. The van der Waals surface area contributed by atoms with Crippen LogP contribution in [0, 0.1) is 5.92 Å². The highest BCUT2D eigenvalue weighted by molar-refractivity contribution is 5.94. The summed E-state index contributed by atoms with van der Waals surface area (Å²) >= 11 is 0. The lowest BCUT2D eigenvalue weighted by Gasteiger charge is -2.12. The molecule has 1 aromatic carbocycles. The average molecular weight is 423 g/mol. The summed E-state index contributed by atoms with van der Waals surface area (Å²) in [5, 5.41) is 22.0. The Balaban J connectivity index is 0.00000124. The van der Waals surface area contributed by atoms with Gasteiger partial charge in [0.2, 0.25) is 0 Å². The molecule has 1 aliphatic heterocycles. The number of nitrogens with zero attached hydrogens (tertiary/aromatic N) is 2. The molecule has 0 bridgehead atoms. The number of aromatic nitrogens is 2. The first-order valence-electron chi connectivity index (χ1n) is 9.77. The highest BCUT2D eigenvalue weighted by Crippen LogP contribution is 2.18. The molecule has 2 aromatic rings. The third-order valence-electron chi connectivity index (χ3n) is 4.29. The smallest absolute Gasteiger partial charge is 0.269 e. The number of benzene rings is 1. The van der Waals surface area contributed by atoms with Gasteiger partial charge in [-0.1, -0.05) is 18.2 Å². The third-order valence-corrected chi connectivity index (χ3v) is 4.29. The zero-order valence-corrected chi connectivity index (χ0v) is 17.5. The van der Waals surface area contributed by atoms with Crippen molar-refractivity contribution in [2.45, 2.75) is 32.2 Å². The Labute approximate surface area is 179 Å². The molecule has 1 saturated heterocycles. The normalized spacial score (nSPS) is 18.3. The Kier molecular flexibility index (Phi) is 8.52. The molecule has 0 aliphatic carbocycles. The second-order valence-corrected chi connectivity index (χ2v) is 7.73. The van der Waals surface area contributed by atoms with Gasteiger partial charge in [0.1, 0.15) is 5.69 Å². The number of hydrogen-bond acceptors (Lipinski definition) is 6. The monoisotopic (exact) mass is 422 g/mol. The first kappa shape index (κ1) is 23.5. The van der Waals surface area contributed by atoms with Crippen molar-refractivity contribution >= 4 is 11.8 Å². The van der Waals surface area contributed by atoms with Crippen molar-refractivity contribution in [3.63, 3.8) is 0 Å². The molecular formula is C21H34N4O5. The number of nitrogens with one attached hydrogen (secondary N) is 2. The Morgan fingerprint density at radius 3 is 2.43 bits per heavy atom. The van der Waals surface area contributed by atoms with Crippen molar-refractivity contribution in [2.24, 2.45) is 13.0 Å². The van der Waals surface area contributed by atoms with Crippen molar-refractivity contribution in [1.29, 1.82) is 0 Å². The standard InChI is InChI=1S/C18H22N4O3.C3H8O2.2H2/c1-22-12-19-10-16(22)18(24)21-9-15-7-13(11-25-15)8-20-17(23)14-5-3-2-4-6-14;1-3(2,4)5;;/h2-6,10,12-13,15H,7-9,11H2,1H3,(H,20,23)(H,21,24);4-5H,1-2H3;2*1H/t13-,15+;;;/m1.../s1. The lowest BCUT2D eigenvalue weighted by molar-refractivity contribution is -0.127. The van der Waals surface area contributed by atoms with Crippen LogP contribution in [0.5, 0.6) is 0 Å². The van der Waals surface area contributed by atoms with Gasteiger partial charge in [-0.15, -0.1) is 0 Å². The van der Waals surface area contributed by atoms with E-state index in [-0.39, 0.29) is 26.7 Å². The lowest BCUT2D eigenvalue weighted by atomic mass is 10.1. The van der Waals surface area contributed by atoms with Crippen molar-refractivity contribution < 1.29 is 27.4 Å². The second-order valence-electron chi connectivity index (χ2n) is 7.73. The molecule has 2 heterocycles. The molecule has 0 spiro atoms. The van der Waals surface area contributed by atoms with Crippen LogP contribution >= 0.6 is 0 Å². The molecule has 168 valence electrons. The summed E-state index contributed by atoms with van der Waals surface area (Å²) < 4.78 is 7.39. The molecule has 9 heteroatoms. The molecule has 0 radical (unpaired) electrons. The summed E-state index contributed by atoms with van der Waals surface area (Å²) in [4.78, 5) is 28.0. The zero-order chi connectivity index (χ0) is 22.1. The maximum atomic E-state index is 12.1. The van der Waals surface area contributed by atoms with Crippen molar-refractivity contribution in [3.05, 3.63) is 54.1 Å². The van der Waals surface area contributed by atoms with Gasteiger partial charge in [0.05, 0.1) is 25.2 Å². The van der Waals surface area contributed by atoms with Crippen LogP contribution in [-0.2, 0) is 11.8 Å². The molecule has 1 aromatic heterocycles. The highest BCUT2D eigenvalue weighted by Gasteiger charge is 2.26. The van der Waals surface area contributed by atoms with Gasteiger partial charge in [0, 0.05) is 34.5 Å². The molecule has 3 rings (SSSR count). The minimum atomic E-state index is -1.50. The molecular weight excluding hydrogens is 388 g/mol. The molecule has 30 heavy (non-hydrogen) atoms. The topological polar surface area (TPSA) is 126 Å². The Bertz CT molecular complexity index is 821. The van der Waals surface area contributed by atoms with E-state index in [1.165, 1.54) is 20.0 Å². The van der Waals surface area contributed by atoms with Crippen LogP contribution < -0.4 is 10.6 Å². The zero-order valence-electron chi connectivity index (χ0n) is 17.5. The quantitative estimate of drug-likeness (QED) is 0.518. The Hall–Kier alpha value is -2.75. The molecule has 0 saturated carbocycles. The fourth-order valence-corrected chi connectivity index (χ4v) is 2.87. The van der Waals surface area contributed by atoms with Gasteiger partial charge in [0.15, 0.2) is 5.79 Å². The Morgan fingerprint density at radius 2 is 1.83 bits per heavy atom. The number of carbonyl (C=O) groups is 2. The van der Waals surface area contributed by atoms with Crippen molar-refractivity contribution in [1.82, 2.24) is 20.2 Å². The van der Waals surface area contributed by atoms with Crippen LogP contribution in [0.3, 0.4) is 0 Å². The predicted octanol–water partition coefficient (Wildman–Crippen LogP) is 1.18. The van der Waals surface area contributed by atoms with E-state index >= 15 is 0 Å². The number of aliphatic hydroxyl groups is 2. The summed E-state index contributed by atoms with van der Waals surface area (Å²) in [6, 6.07) is 9.14. The van der Waals surface area contributed by atoms with Crippen LogP contribution in [0.15, 0.2) is 42.9 Å². The van der Waals surface area contributed by atoms with E-state index in [9.17, 15) is 9.59 Å². The fraction of sp³-hybridized carbons (Fsp3) is 0.476. The first-order chi connectivity index (χ1) is 14.1. The van der Waals surface area contributed by atoms with Crippen LogP contribution in [0.4, 0.5) is 0 Å². The molecule has 2 amide bonds. The predicted molar refractivity (Wildman–Crippen MR) is 115 cm³/mol. The molecule has 1 fully saturated rings. The summed E-state index contributed by atoms with van der Waals surface area (Å²) in [6.07, 6.45) is 3.90. The highest BCUT2D eigenvalue weighted by atomic mass is 16.5. The molecule has 4 N–H and O–H groups in total. The average Bonchev–Trinajstić information content (AvgIpc) is 3.32. The SMILES string of the molecule is CC(C)(O)O.Cn1cncc1C(=O)NC[C@@H]1C[C@H](CNC(=O)c2ccccc2)CO1.[HH].[HH]. The van der Waals surface area contributed by atoms with Crippen LogP contribution in [0.2, 0.25) is 0 Å². The summed E-state index contributed by atoms with van der Waals surface area (Å²) in [7, 11) is 1.78. The minimum Gasteiger partial charge on any atom is -0.376 e. The lowest BCUT2D eigenvalue weighted by Crippen LogP contribution is -2.33. The first-order valence-corrected chi connectivity index (χ1v) is 9.77. The number of aryl methyl sites for hydroxylation is 1. The second kappa shape index (κ2) is 10.9. The van der Waals surface area contributed by atoms with Gasteiger partial charge >= 0.3 is 0 Å². The van der Waals surface area contributed by atoms with E-state index in [1.807, 2.05) is 18.2 Å². The van der Waals surface area contributed by atoms with Crippen molar-refractivity contribution in [3.8, 4) is 0 Å². The largest absolute Gasteiger partial charge is 0.376 e. The van der Waals surface area contributed by atoms with Gasteiger partial charge in [-0.2, -0.15) is 0 Å². The maximum Gasteiger partial charge on any atom is 0.269 e. The summed E-state index contributed by atoms with van der Waals surface area (Å²) in [6.45, 7) is 4.20. The van der Waals surface area contributed by atoms with E-state index < -0.39 is 5.79 Å². The van der Waals surface area contributed by atoms with Gasteiger partial charge in [0.25, 0.3) is 11.8 Å². The number of imidazole rings is 1. The van der Waals surface area contributed by atoms with Gasteiger partial charge in [-0.3, -0.25) is 9.59 Å². The van der Waals surface area contributed by atoms with E-state index in [4.69, 9.17) is 14.9 Å². The molecule has 0 unspecified atom stereocenters. The summed E-state index contributed by atoms with van der Waals surface area (Å²) in [5.41, 5.74) is 1.17. The minimum absolute atomic E-state index is 0. The number of ether oxygens (including phenoxy) is 1. The molecule has 1 aliphatic rings.